The van der Waals surface area contributed by atoms with Crippen LogP contribution in [-0.2, 0) is 9.53 Å². The fourth-order valence-corrected chi connectivity index (χ4v) is 3.13. The largest absolute Gasteiger partial charge is 0.368 e. The third-order valence-electron chi connectivity index (χ3n) is 4.13. The van der Waals surface area contributed by atoms with Crippen LogP contribution in [0.15, 0.2) is 28.7 Å². The van der Waals surface area contributed by atoms with Crippen molar-refractivity contribution in [1.82, 2.24) is 4.90 Å². The predicted molar refractivity (Wildman–Crippen MR) is 93.3 cm³/mol. The molecule has 0 spiro atoms. The summed E-state index contributed by atoms with van der Waals surface area (Å²) in [4.78, 5) is 17.0. The molecule has 4 nitrogen and oxygen atoms in total. The first-order valence-corrected chi connectivity index (χ1v) is 8.86. The molecule has 1 unspecified atom stereocenters. The van der Waals surface area contributed by atoms with Gasteiger partial charge in [0.1, 0.15) is 6.10 Å². The number of carbonyl (C=O) groups is 1. The van der Waals surface area contributed by atoms with E-state index in [1.54, 1.807) is 0 Å². The van der Waals surface area contributed by atoms with Crippen LogP contribution in [0.2, 0.25) is 0 Å². The molecule has 0 N–H and O–H groups in total. The van der Waals surface area contributed by atoms with Gasteiger partial charge in [0.05, 0.1) is 0 Å². The lowest BCUT2D eigenvalue weighted by molar-refractivity contribution is -0.127. The molecule has 1 aromatic rings. The lowest BCUT2D eigenvalue weighted by atomic mass is 10.2. The van der Waals surface area contributed by atoms with Gasteiger partial charge in [-0.15, -0.1) is 0 Å². The lowest BCUT2D eigenvalue weighted by Crippen LogP contribution is -2.43. The molecule has 1 aliphatic rings. The van der Waals surface area contributed by atoms with Crippen molar-refractivity contribution in [2.45, 2.75) is 32.8 Å². The summed E-state index contributed by atoms with van der Waals surface area (Å²) >= 11 is 3.49. The molecule has 122 valence electrons. The van der Waals surface area contributed by atoms with Crippen molar-refractivity contribution in [3.63, 3.8) is 0 Å². The Balaban J connectivity index is 2.14. The standard InChI is InChI=1S/C17H25BrN2O2/c1-3-19(4-2)10-11-20(15-8-5-7-14(18)13-15)17(21)16-9-6-12-22-16/h5,7-8,13,16H,3-4,6,9-12H2,1-2H3. The van der Waals surface area contributed by atoms with Gasteiger partial charge in [-0.1, -0.05) is 35.8 Å². The third kappa shape index (κ3) is 4.54. The zero-order chi connectivity index (χ0) is 15.9. The highest BCUT2D eigenvalue weighted by molar-refractivity contribution is 9.10. The van der Waals surface area contributed by atoms with Crippen LogP contribution < -0.4 is 4.90 Å². The topological polar surface area (TPSA) is 32.8 Å². The Morgan fingerprint density at radius 1 is 1.32 bits per heavy atom. The van der Waals surface area contributed by atoms with Crippen molar-refractivity contribution >= 4 is 27.5 Å². The fraction of sp³-hybridized carbons (Fsp3) is 0.588. The van der Waals surface area contributed by atoms with Crippen molar-refractivity contribution in [3.8, 4) is 0 Å². The number of nitrogens with zero attached hydrogens (tertiary/aromatic N) is 2. The maximum Gasteiger partial charge on any atom is 0.256 e. The minimum absolute atomic E-state index is 0.0859. The van der Waals surface area contributed by atoms with E-state index in [0.29, 0.717) is 13.2 Å². The Hall–Kier alpha value is -0.910. The molecule has 1 aliphatic heterocycles. The number of benzene rings is 1. The monoisotopic (exact) mass is 368 g/mol. The van der Waals surface area contributed by atoms with Crippen molar-refractivity contribution < 1.29 is 9.53 Å². The molecule has 1 aromatic carbocycles. The van der Waals surface area contributed by atoms with Gasteiger partial charge >= 0.3 is 0 Å². The van der Waals surface area contributed by atoms with Crippen molar-refractivity contribution in [1.29, 1.82) is 0 Å². The smallest absolute Gasteiger partial charge is 0.256 e. The minimum atomic E-state index is -0.282. The van der Waals surface area contributed by atoms with E-state index in [4.69, 9.17) is 4.74 Å². The number of carbonyl (C=O) groups excluding carboxylic acids is 1. The highest BCUT2D eigenvalue weighted by Crippen LogP contribution is 2.23. The van der Waals surface area contributed by atoms with Crippen LogP contribution >= 0.6 is 15.9 Å². The number of likely N-dealkylation sites (N-methyl/N-ethyl adjacent to an activating group) is 1. The van der Waals surface area contributed by atoms with E-state index >= 15 is 0 Å². The molecular formula is C17H25BrN2O2. The number of rotatable bonds is 7. The van der Waals surface area contributed by atoms with Gasteiger partial charge in [-0.3, -0.25) is 4.79 Å². The summed E-state index contributed by atoms with van der Waals surface area (Å²) < 4.78 is 6.57. The molecule has 0 radical (unpaired) electrons. The molecule has 1 heterocycles. The Kier molecular flexibility index (Phi) is 6.86. The summed E-state index contributed by atoms with van der Waals surface area (Å²) in [5.74, 6) is 0.0859. The van der Waals surface area contributed by atoms with Gasteiger partial charge in [0.25, 0.3) is 5.91 Å². The van der Waals surface area contributed by atoms with Crippen molar-refractivity contribution in [3.05, 3.63) is 28.7 Å². The average molecular weight is 369 g/mol. The zero-order valence-electron chi connectivity index (χ0n) is 13.4. The second kappa shape index (κ2) is 8.65. The predicted octanol–water partition coefficient (Wildman–Crippen LogP) is 3.30. The van der Waals surface area contributed by atoms with E-state index < -0.39 is 0 Å². The Morgan fingerprint density at radius 3 is 2.68 bits per heavy atom. The highest BCUT2D eigenvalue weighted by Gasteiger charge is 2.29. The molecule has 0 aromatic heterocycles. The van der Waals surface area contributed by atoms with E-state index in [0.717, 1.165) is 42.6 Å². The SMILES string of the molecule is CCN(CC)CCN(C(=O)C1CCCO1)c1cccc(Br)c1. The van der Waals surface area contributed by atoms with Crippen LogP contribution in [0.5, 0.6) is 0 Å². The number of ether oxygens (including phenoxy) is 1. The van der Waals surface area contributed by atoms with Crippen LogP contribution in [0.1, 0.15) is 26.7 Å². The van der Waals surface area contributed by atoms with Gasteiger partial charge in [0, 0.05) is 29.9 Å². The maximum atomic E-state index is 12.8. The van der Waals surface area contributed by atoms with Gasteiger partial charge in [-0.25, -0.2) is 0 Å². The lowest BCUT2D eigenvalue weighted by Gasteiger charge is -2.28. The van der Waals surface area contributed by atoms with Crippen molar-refractivity contribution in [2.75, 3.05) is 37.7 Å². The normalized spacial score (nSPS) is 17.9. The summed E-state index contributed by atoms with van der Waals surface area (Å²) in [6.45, 7) is 8.55. The van der Waals surface area contributed by atoms with E-state index in [1.807, 2.05) is 29.2 Å². The first-order valence-electron chi connectivity index (χ1n) is 8.06. The van der Waals surface area contributed by atoms with E-state index in [-0.39, 0.29) is 12.0 Å². The Labute approximate surface area is 141 Å². The number of hydrogen-bond donors (Lipinski definition) is 0. The van der Waals surface area contributed by atoms with E-state index in [1.165, 1.54) is 0 Å². The molecule has 5 heteroatoms. The zero-order valence-corrected chi connectivity index (χ0v) is 15.0. The molecular weight excluding hydrogens is 344 g/mol. The first kappa shape index (κ1) is 17.4. The van der Waals surface area contributed by atoms with Gasteiger partial charge in [-0.05, 0) is 44.1 Å². The quantitative estimate of drug-likeness (QED) is 0.739. The summed E-state index contributed by atoms with van der Waals surface area (Å²) in [6.07, 6.45) is 1.52. The van der Waals surface area contributed by atoms with Crippen LogP contribution in [0, 0.1) is 0 Å². The van der Waals surface area contributed by atoms with Crippen LogP contribution in [0.4, 0.5) is 5.69 Å². The maximum absolute atomic E-state index is 12.8. The fourth-order valence-electron chi connectivity index (χ4n) is 2.74. The summed E-state index contributed by atoms with van der Waals surface area (Å²) in [5, 5.41) is 0. The molecule has 0 bridgehead atoms. The van der Waals surface area contributed by atoms with Crippen LogP contribution in [0.3, 0.4) is 0 Å². The molecule has 22 heavy (non-hydrogen) atoms. The minimum Gasteiger partial charge on any atom is -0.368 e. The van der Waals surface area contributed by atoms with Crippen molar-refractivity contribution in [2.24, 2.45) is 0 Å². The summed E-state index contributed by atoms with van der Waals surface area (Å²) in [7, 11) is 0. The molecule has 1 amide bonds. The number of amides is 1. The molecule has 0 aliphatic carbocycles. The molecule has 1 saturated heterocycles. The molecule has 1 fully saturated rings. The second-order valence-electron chi connectivity index (χ2n) is 5.50. The molecule has 1 atom stereocenters. The third-order valence-corrected chi connectivity index (χ3v) is 4.62. The summed E-state index contributed by atoms with van der Waals surface area (Å²) in [5.41, 5.74) is 0.932. The molecule has 0 saturated carbocycles. The van der Waals surface area contributed by atoms with Gasteiger partial charge in [0.15, 0.2) is 0 Å². The van der Waals surface area contributed by atoms with Crippen LogP contribution in [-0.4, -0.2) is 49.7 Å². The highest BCUT2D eigenvalue weighted by atomic mass is 79.9. The molecule has 2 rings (SSSR count). The number of halogens is 1. The average Bonchev–Trinajstić information content (AvgIpc) is 3.05. The van der Waals surface area contributed by atoms with E-state index in [2.05, 4.69) is 34.7 Å². The Morgan fingerprint density at radius 2 is 2.09 bits per heavy atom. The van der Waals surface area contributed by atoms with Gasteiger partial charge in [0.2, 0.25) is 0 Å². The first-order chi connectivity index (χ1) is 10.7. The number of hydrogen-bond acceptors (Lipinski definition) is 3. The van der Waals surface area contributed by atoms with E-state index in [9.17, 15) is 4.79 Å². The number of anilines is 1. The van der Waals surface area contributed by atoms with Crippen LogP contribution in [0.25, 0.3) is 0 Å². The van der Waals surface area contributed by atoms with Gasteiger partial charge in [-0.2, -0.15) is 0 Å². The second-order valence-corrected chi connectivity index (χ2v) is 6.41. The summed E-state index contributed by atoms with van der Waals surface area (Å²) in [6, 6.07) is 7.92. The van der Waals surface area contributed by atoms with Gasteiger partial charge < -0.3 is 14.5 Å². The Bertz CT molecular complexity index is 485.